The molecule has 46 heavy (non-hydrogen) atoms. The molecule has 1 saturated heterocycles. The molecular weight excluding hydrogens is 617 g/mol. The summed E-state index contributed by atoms with van der Waals surface area (Å²) >= 11 is 0. The molecule has 1 heterocycles. The summed E-state index contributed by atoms with van der Waals surface area (Å²) in [6.45, 7) is 3.68. The molecule has 0 amide bonds. The Morgan fingerprint density at radius 3 is 2.26 bits per heavy atom. The molecule has 0 spiro atoms. The Bertz CT molecular complexity index is 1320. The molecule has 4 rings (SSSR count). The first-order valence-electron chi connectivity index (χ1n) is 15.8. The van der Waals surface area contributed by atoms with Crippen LogP contribution in [-0.2, 0) is 15.7 Å². The van der Waals surface area contributed by atoms with Crippen molar-refractivity contribution >= 4 is 5.97 Å². The number of carboxylic acid groups (broad SMARTS) is 1. The van der Waals surface area contributed by atoms with Crippen molar-refractivity contribution in [2.24, 2.45) is 5.92 Å². The van der Waals surface area contributed by atoms with E-state index < -0.39 is 42.0 Å². The topological polar surface area (TPSA) is 53.0 Å². The molecule has 1 aliphatic heterocycles. The van der Waals surface area contributed by atoms with Gasteiger partial charge in [0.25, 0.3) is 0 Å². The SMILES string of the molecule is Cc1cc(F)cc([C@@H](C(=O)O)N(C)CC[C@H](CC2CCN(C)CC2)c2cccc(C(F)(F)F)c2)c1C1CCC(OC(F)(F)F)CC1. The highest BCUT2D eigenvalue weighted by Gasteiger charge is 2.38. The first kappa shape index (κ1) is 36.1. The molecule has 5 nitrogen and oxygen atoms in total. The van der Waals surface area contributed by atoms with Gasteiger partial charge in [-0.05, 0) is 150 Å². The Morgan fingerprint density at radius 1 is 1.02 bits per heavy atom. The van der Waals surface area contributed by atoms with E-state index in [9.17, 15) is 40.6 Å². The third kappa shape index (κ3) is 9.67. The van der Waals surface area contributed by atoms with E-state index in [0.29, 0.717) is 48.3 Å². The number of ether oxygens (including phenoxy) is 1. The third-order valence-electron chi connectivity index (χ3n) is 9.71. The molecule has 2 aromatic rings. The molecule has 2 aromatic carbocycles. The van der Waals surface area contributed by atoms with Crippen LogP contribution in [0.15, 0.2) is 36.4 Å². The zero-order valence-corrected chi connectivity index (χ0v) is 26.4. The molecular formula is C34H43F7N2O3. The first-order valence-corrected chi connectivity index (χ1v) is 15.8. The van der Waals surface area contributed by atoms with Gasteiger partial charge in [0.15, 0.2) is 0 Å². The van der Waals surface area contributed by atoms with Gasteiger partial charge in [0.1, 0.15) is 11.9 Å². The van der Waals surface area contributed by atoms with Gasteiger partial charge in [-0.25, -0.2) is 4.39 Å². The van der Waals surface area contributed by atoms with Crippen molar-refractivity contribution in [3.63, 3.8) is 0 Å². The van der Waals surface area contributed by atoms with Crippen molar-refractivity contribution in [2.45, 2.75) is 94.8 Å². The molecule has 0 bridgehead atoms. The highest BCUT2D eigenvalue weighted by atomic mass is 19.4. The maximum Gasteiger partial charge on any atom is 0.522 e. The van der Waals surface area contributed by atoms with E-state index in [1.54, 1.807) is 24.9 Å². The molecule has 2 atom stereocenters. The van der Waals surface area contributed by atoms with Crippen molar-refractivity contribution < 1.29 is 45.4 Å². The number of benzene rings is 2. The van der Waals surface area contributed by atoms with Crippen LogP contribution in [0, 0.1) is 18.7 Å². The van der Waals surface area contributed by atoms with Crippen molar-refractivity contribution in [2.75, 3.05) is 33.7 Å². The fraction of sp³-hybridized carbons (Fsp3) is 0.618. The van der Waals surface area contributed by atoms with Crippen LogP contribution < -0.4 is 0 Å². The number of alkyl halides is 6. The van der Waals surface area contributed by atoms with Crippen LogP contribution in [0.3, 0.4) is 0 Å². The van der Waals surface area contributed by atoms with Crippen LogP contribution in [-0.4, -0.2) is 67.1 Å². The van der Waals surface area contributed by atoms with Gasteiger partial charge in [-0.15, -0.1) is 13.2 Å². The van der Waals surface area contributed by atoms with E-state index in [1.165, 1.54) is 24.3 Å². The van der Waals surface area contributed by atoms with E-state index in [-0.39, 0.29) is 36.8 Å². The number of hydrogen-bond acceptors (Lipinski definition) is 4. The lowest BCUT2D eigenvalue weighted by molar-refractivity contribution is -0.345. The van der Waals surface area contributed by atoms with Crippen LogP contribution in [0.2, 0.25) is 0 Å². The van der Waals surface area contributed by atoms with Gasteiger partial charge in [-0.2, -0.15) is 13.2 Å². The molecule has 2 aliphatic rings. The number of hydrogen-bond donors (Lipinski definition) is 1. The van der Waals surface area contributed by atoms with Crippen LogP contribution in [0.25, 0.3) is 0 Å². The number of likely N-dealkylation sites (N-methyl/N-ethyl adjacent to an activating group) is 1. The van der Waals surface area contributed by atoms with E-state index in [4.69, 9.17) is 0 Å². The number of rotatable bonds is 11. The second kappa shape index (κ2) is 15.0. The van der Waals surface area contributed by atoms with Crippen LogP contribution in [0.1, 0.15) is 97.1 Å². The second-order valence-corrected chi connectivity index (χ2v) is 13.1. The minimum absolute atomic E-state index is 0.129. The molecule has 1 N–H and O–H groups in total. The van der Waals surface area contributed by atoms with E-state index in [2.05, 4.69) is 9.64 Å². The van der Waals surface area contributed by atoms with Gasteiger partial charge in [0.05, 0.1) is 11.7 Å². The predicted molar refractivity (Wildman–Crippen MR) is 160 cm³/mol. The Hall–Kier alpha value is -2.70. The highest BCUT2D eigenvalue weighted by molar-refractivity contribution is 5.76. The summed E-state index contributed by atoms with van der Waals surface area (Å²) in [4.78, 5) is 16.6. The zero-order valence-electron chi connectivity index (χ0n) is 26.4. The summed E-state index contributed by atoms with van der Waals surface area (Å²) in [5, 5.41) is 10.4. The van der Waals surface area contributed by atoms with Crippen LogP contribution in [0.4, 0.5) is 30.7 Å². The Labute approximate surface area is 265 Å². The minimum atomic E-state index is -4.75. The Balaban J connectivity index is 1.58. The number of piperidine rings is 1. The summed E-state index contributed by atoms with van der Waals surface area (Å²) in [7, 11) is 3.64. The number of halogens is 7. The molecule has 256 valence electrons. The average Bonchev–Trinajstić information content (AvgIpc) is 2.95. The molecule has 2 fully saturated rings. The zero-order chi connectivity index (χ0) is 33.8. The summed E-state index contributed by atoms with van der Waals surface area (Å²) < 4.78 is 98.2. The van der Waals surface area contributed by atoms with E-state index in [1.807, 2.05) is 7.05 Å². The lowest BCUT2D eigenvalue weighted by Gasteiger charge is -2.35. The fourth-order valence-electron chi connectivity index (χ4n) is 7.36. The van der Waals surface area contributed by atoms with Gasteiger partial charge in [0, 0.05) is 0 Å². The number of carbonyl (C=O) groups is 1. The van der Waals surface area contributed by atoms with E-state index in [0.717, 1.165) is 32.0 Å². The van der Waals surface area contributed by atoms with Crippen molar-refractivity contribution in [1.29, 1.82) is 0 Å². The Kier molecular flexibility index (Phi) is 11.8. The maximum absolute atomic E-state index is 14.8. The largest absolute Gasteiger partial charge is 0.522 e. The predicted octanol–water partition coefficient (Wildman–Crippen LogP) is 8.68. The average molecular weight is 661 g/mol. The lowest BCUT2D eigenvalue weighted by atomic mass is 9.77. The molecule has 1 aliphatic carbocycles. The summed E-state index contributed by atoms with van der Waals surface area (Å²) in [5.41, 5.74) is 1.21. The van der Waals surface area contributed by atoms with Gasteiger partial charge in [-0.1, -0.05) is 18.2 Å². The molecule has 0 aromatic heterocycles. The third-order valence-corrected chi connectivity index (χ3v) is 9.71. The summed E-state index contributed by atoms with van der Waals surface area (Å²) in [5.74, 6) is -2.06. The van der Waals surface area contributed by atoms with Gasteiger partial charge in [0.2, 0.25) is 0 Å². The van der Waals surface area contributed by atoms with Gasteiger partial charge < -0.3 is 10.0 Å². The molecule has 12 heteroatoms. The maximum atomic E-state index is 14.8. The molecule has 0 radical (unpaired) electrons. The number of aryl methyl sites for hydroxylation is 1. The summed E-state index contributed by atoms with van der Waals surface area (Å²) in [6, 6.07) is 6.55. The quantitative estimate of drug-likeness (QED) is 0.245. The van der Waals surface area contributed by atoms with Crippen LogP contribution in [0.5, 0.6) is 0 Å². The molecule has 1 saturated carbocycles. The van der Waals surface area contributed by atoms with Crippen molar-refractivity contribution in [3.8, 4) is 0 Å². The number of nitrogens with zero attached hydrogens (tertiary/aromatic N) is 2. The monoisotopic (exact) mass is 660 g/mol. The minimum Gasteiger partial charge on any atom is -0.480 e. The number of aliphatic carboxylic acids is 1. The van der Waals surface area contributed by atoms with Crippen molar-refractivity contribution in [1.82, 2.24) is 9.80 Å². The van der Waals surface area contributed by atoms with Crippen molar-refractivity contribution in [3.05, 3.63) is 70.0 Å². The number of likely N-dealkylation sites (tertiary alicyclic amines) is 1. The normalized spacial score (nSPS) is 21.8. The number of carboxylic acids is 1. The van der Waals surface area contributed by atoms with E-state index >= 15 is 0 Å². The first-order chi connectivity index (χ1) is 21.5. The highest BCUT2D eigenvalue weighted by Crippen LogP contribution is 2.42. The Morgan fingerprint density at radius 2 is 1.67 bits per heavy atom. The summed E-state index contributed by atoms with van der Waals surface area (Å²) in [6.07, 6.45) is -6.44. The van der Waals surface area contributed by atoms with Gasteiger partial charge >= 0.3 is 18.5 Å². The standard InChI is InChI=1S/C34H43F7N2O3/c1-21-17-27(35)20-29(30(21)23-7-9-28(10-8-23)46-34(39,40)41)31(32(44)45)43(3)16-13-25(18-22-11-14-42(2)15-12-22)24-5-4-6-26(19-24)33(36,37)38/h4-6,17,19-20,22-23,25,28,31H,7-16,18H2,1-3H3,(H,44,45)/t23?,25-,28?,31+/m1/s1. The fourth-order valence-corrected chi connectivity index (χ4v) is 7.36. The molecule has 0 unspecified atom stereocenters. The van der Waals surface area contributed by atoms with Crippen LogP contribution >= 0.6 is 0 Å². The lowest BCUT2D eigenvalue weighted by Crippen LogP contribution is -2.35. The second-order valence-electron chi connectivity index (χ2n) is 13.1. The smallest absolute Gasteiger partial charge is 0.480 e. The van der Waals surface area contributed by atoms with Gasteiger partial charge in [-0.3, -0.25) is 14.4 Å².